The standard InChI is InChI=1S/C18H23FN2O3/c1-12(2)21-8-14(7-17(21)22)18(23)20-9-15(10-20)24-11-13-5-3-4-6-16(13)19/h3-6,12,14-15H,7-11H2,1-2H3. The lowest BCUT2D eigenvalue weighted by Crippen LogP contribution is -2.56. The van der Waals surface area contributed by atoms with E-state index < -0.39 is 0 Å². The number of ether oxygens (including phenoxy) is 1. The maximum Gasteiger partial charge on any atom is 0.228 e. The van der Waals surface area contributed by atoms with Crippen molar-refractivity contribution in [2.45, 2.75) is 39.0 Å². The number of hydrogen-bond donors (Lipinski definition) is 0. The smallest absolute Gasteiger partial charge is 0.228 e. The van der Waals surface area contributed by atoms with E-state index in [2.05, 4.69) is 0 Å². The highest BCUT2D eigenvalue weighted by molar-refractivity contribution is 5.89. The predicted octanol–water partition coefficient (Wildman–Crippen LogP) is 1.81. The Hall–Kier alpha value is -1.95. The van der Waals surface area contributed by atoms with Gasteiger partial charge in [-0.3, -0.25) is 9.59 Å². The summed E-state index contributed by atoms with van der Waals surface area (Å²) in [6, 6.07) is 6.65. The van der Waals surface area contributed by atoms with Crippen LogP contribution in [0.1, 0.15) is 25.8 Å². The Kier molecular flexibility index (Phi) is 4.85. The Labute approximate surface area is 141 Å². The molecule has 0 spiro atoms. The van der Waals surface area contributed by atoms with E-state index in [4.69, 9.17) is 4.74 Å². The van der Waals surface area contributed by atoms with Gasteiger partial charge in [0.25, 0.3) is 0 Å². The molecule has 0 N–H and O–H groups in total. The average molecular weight is 334 g/mol. The van der Waals surface area contributed by atoms with Crippen LogP contribution < -0.4 is 0 Å². The molecule has 0 aliphatic carbocycles. The monoisotopic (exact) mass is 334 g/mol. The number of carbonyl (C=O) groups is 2. The Morgan fingerprint density at radius 1 is 1.29 bits per heavy atom. The molecule has 2 heterocycles. The largest absolute Gasteiger partial charge is 0.370 e. The SMILES string of the molecule is CC(C)N1CC(C(=O)N2CC(OCc3ccccc3F)C2)CC1=O. The zero-order valence-electron chi connectivity index (χ0n) is 14.1. The molecule has 0 bridgehead atoms. The van der Waals surface area contributed by atoms with Crippen LogP contribution in [0.15, 0.2) is 24.3 Å². The Morgan fingerprint density at radius 3 is 2.62 bits per heavy atom. The first-order chi connectivity index (χ1) is 11.5. The van der Waals surface area contributed by atoms with Gasteiger partial charge >= 0.3 is 0 Å². The van der Waals surface area contributed by atoms with Crippen LogP contribution in [0.3, 0.4) is 0 Å². The number of carbonyl (C=O) groups excluding carboxylic acids is 2. The first kappa shape index (κ1) is 16.9. The number of amides is 2. The lowest BCUT2D eigenvalue weighted by molar-refractivity contribution is -0.150. The Balaban J connectivity index is 1.44. The van der Waals surface area contributed by atoms with Crippen molar-refractivity contribution in [1.29, 1.82) is 0 Å². The van der Waals surface area contributed by atoms with Crippen molar-refractivity contribution in [2.24, 2.45) is 5.92 Å². The summed E-state index contributed by atoms with van der Waals surface area (Å²) in [5, 5.41) is 0. The summed E-state index contributed by atoms with van der Waals surface area (Å²) in [7, 11) is 0. The lowest BCUT2D eigenvalue weighted by Gasteiger charge is -2.40. The van der Waals surface area contributed by atoms with E-state index in [0.717, 1.165) is 0 Å². The van der Waals surface area contributed by atoms with Crippen molar-refractivity contribution >= 4 is 11.8 Å². The third-order valence-electron chi connectivity index (χ3n) is 4.72. The van der Waals surface area contributed by atoms with Crippen molar-refractivity contribution < 1.29 is 18.7 Å². The van der Waals surface area contributed by atoms with Gasteiger partial charge < -0.3 is 14.5 Å². The molecule has 3 rings (SSSR count). The molecule has 2 aliphatic heterocycles. The predicted molar refractivity (Wildman–Crippen MR) is 86.5 cm³/mol. The van der Waals surface area contributed by atoms with Crippen LogP contribution in [0.5, 0.6) is 0 Å². The highest BCUT2D eigenvalue weighted by Gasteiger charge is 2.41. The van der Waals surface area contributed by atoms with Gasteiger partial charge in [-0.1, -0.05) is 18.2 Å². The lowest BCUT2D eigenvalue weighted by atomic mass is 10.0. The second kappa shape index (κ2) is 6.89. The minimum absolute atomic E-state index is 0.0252. The maximum absolute atomic E-state index is 13.5. The molecule has 2 fully saturated rings. The molecule has 2 aliphatic rings. The van der Waals surface area contributed by atoms with E-state index in [0.29, 0.717) is 31.6 Å². The average Bonchev–Trinajstić information content (AvgIpc) is 2.89. The molecule has 1 aromatic rings. The molecule has 0 radical (unpaired) electrons. The summed E-state index contributed by atoms with van der Waals surface area (Å²) in [6.45, 7) is 5.66. The van der Waals surface area contributed by atoms with Crippen molar-refractivity contribution in [2.75, 3.05) is 19.6 Å². The second-order valence-electron chi connectivity index (χ2n) is 6.81. The number of benzene rings is 1. The van der Waals surface area contributed by atoms with Crippen LogP contribution in [0.2, 0.25) is 0 Å². The molecule has 2 amide bonds. The van der Waals surface area contributed by atoms with E-state index in [-0.39, 0.29) is 42.3 Å². The van der Waals surface area contributed by atoms with Crippen LogP contribution >= 0.6 is 0 Å². The van der Waals surface area contributed by atoms with Gasteiger partial charge in [0.15, 0.2) is 0 Å². The third-order valence-corrected chi connectivity index (χ3v) is 4.72. The van der Waals surface area contributed by atoms with Crippen molar-refractivity contribution in [3.8, 4) is 0 Å². The van der Waals surface area contributed by atoms with E-state index >= 15 is 0 Å². The summed E-state index contributed by atoms with van der Waals surface area (Å²) >= 11 is 0. The molecule has 5 nitrogen and oxygen atoms in total. The van der Waals surface area contributed by atoms with E-state index in [1.165, 1.54) is 6.07 Å². The summed E-state index contributed by atoms with van der Waals surface area (Å²) in [6.07, 6.45) is 0.237. The minimum Gasteiger partial charge on any atom is -0.370 e. The zero-order valence-corrected chi connectivity index (χ0v) is 14.1. The molecular weight excluding hydrogens is 311 g/mol. The van der Waals surface area contributed by atoms with Gasteiger partial charge in [-0.05, 0) is 19.9 Å². The highest BCUT2D eigenvalue weighted by Crippen LogP contribution is 2.25. The molecule has 1 atom stereocenters. The van der Waals surface area contributed by atoms with Crippen LogP contribution in [0, 0.1) is 11.7 Å². The van der Waals surface area contributed by atoms with Crippen LogP contribution in [-0.2, 0) is 20.9 Å². The van der Waals surface area contributed by atoms with Gasteiger partial charge in [-0.15, -0.1) is 0 Å². The molecule has 130 valence electrons. The topological polar surface area (TPSA) is 49.9 Å². The number of rotatable bonds is 5. The molecule has 1 aromatic carbocycles. The molecule has 0 saturated carbocycles. The van der Waals surface area contributed by atoms with Crippen molar-refractivity contribution in [1.82, 2.24) is 9.80 Å². The number of nitrogens with zero attached hydrogens (tertiary/aromatic N) is 2. The fourth-order valence-corrected chi connectivity index (χ4v) is 3.20. The second-order valence-corrected chi connectivity index (χ2v) is 6.81. The fourth-order valence-electron chi connectivity index (χ4n) is 3.20. The van der Waals surface area contributed by atoms with Gasteiger partial charge in [-0.25, -0.2) is 4.39 Å². The number of hydrogen-bond acceptors (Lipinski definition) is 3. The summed E-state index contributed by atoms with van der Waals surface area (Å²) < 4.78 is 19.2. The van der Waals surface area contributed by atoms with Crippen LogP contribution in [0.4, 0.5) is 4.39 Å². The number of likely N-dealkylation sites (tertiary alicyclic amines) is 2. The molecule has 0 aromatic heterocycles. The third kappa shape index (κ3) is 3.43. The first-order valence-electron chi connectivity index (χ1n) is 8.39. The van der Waals surface area contributed by atoms with Crippen molar-refractivity contribution in [3.05, 3.63) is 35.6 Å². The van der Waals surface area contributed by atoms with E-state index in [9.17, 15) is 14.0 Å². The van der Waals surface area contributed by atoms with E-state index in [1.807, 2.05) is 13.8 Å². The highest BCUT2D eigenvalue weighted by atomic mass is 19.1. The molecule has 24 heavy (non-hydrogen) atoms. The molecule has 6 heteroatoms. The van der Waals surface area contributed by atoms with E-state index in [1.54, 1.807) is 28.0 Å². The molecule has 2 saturated heterocycles. The number of halogens is 1. The summed E-state index contributed by atoms with van der Waals surface area (Å²) in [4.78, 5) is 27.8. The quantitative estimate of drug-likeness (QED) is 0.825. The van der Waals surface area contributed by atoms with Gasteiger partial charge in [0.2, 0.25) is 11.8 Å². The molecular formula is C18H23FN2O3. The Bertz CT molecular complexity index is 628. The van der Waals surface area contributed by atoms with Gasteiger partial charge in [0.05, 0.1) is 18.6 Å². The van der Waals surface area contributed by atoms with Gasteiger partial charge in [-0.2, -0.15) is 0 Å². The van der Waals surface area contributed by atoms with Gasteiger partial charge in [0.1, 0.15) is 5.82 Å². The summed E-state index contributed by atoms with van der Waals surface area (Å²) in [5.41, 5.74) is 0.524. The fraction of sp³-hybridized carbons (Fsp3) is 0.556. The first-order valence-corrected chi connectivity index (χ1v) is 8.39. The maximum atomic E-state index is 13.5. The van der Waals surface area contributed by atoms with Crippen molar-refractivity contribution in [3.63, 3.8) is 0 Å². The van der Waals surface area contributed by atoms with Gasteiger partial charge in [0, 0.05) is 37.7 Å². The summed E-state index contributed by atoms with van der Waals surface area (Å²) in [5.74, 6) is -0.441. The zero-order chi connectivity index (χ0) is 17.3. The van der Waals surface area contributed by atoms with Crippen LogP contribution in [-0.4, -0.2) is 53.4 Å². The Morgan fingerprint density at radius 2 is 2.00 bits per heavy atom. The molecule has 1 unspecified atom stereocenters. The minimum atomic E-state index is -0.275. The normalized spacial score (nSPS) is 21.5. The van der Waals surface area contributed by atoms with Crippen LogP contribution in [0.25, 0.3) is 0 Å².